The maximum absolute atomic E-state index is 13.3. The van der Waals surface area contributed by atoms with Gasteiger partial charge in [0.25, 0.3) is 5.91 Å². The van der Waals surface area contributed by atoms with Gasteiger partial charge in [-0.3, -0.25) is 4.79 Å². The molecule has 5 heterocycles. The van der Waals surface area contributed by atoms with Gasteiger partial charge in [0, 0.05) is 57.4 Å². The number of imidazole rings is 1. The highest BCUT2D eigenvalue weighted by Gasteiger charge is 2.21. The lowest BCUT2D eigenvalue weighted by atomic mass is 10.0. The molecule has 10 nitrogen and oxygen atoms in total. The summed E-state index contributed by atoms with van der Waals surface area (Å²) in [5.74, 6) is 0.786. The van der Waals surface area contributed by atoms with E-state index in [1.165, 1.54) is 12.7 Å². The number of carbonyl (C=O) groups is 1. The van der Waals surface area contributed by atoms with E-state index in [1.54, 1.807) is 26.1 Å². The fraction of sp³-hybridized carbons (Fsp3) is 0.429. The Morgan fingerprint density at radius 1 is 1.16 bits per heavy atom. The van der Waals surface area contributed by atoms with Crippen LogP contribution in [0.1, 0.15) is 55.7 Å². The summed E-state index contributed by atoms with van der Waals surface area (Å²) in [5.41, 5.74) is 3.54. The Balaban J connectivity index is 1.42. The SMILES string of the molecule is CN(C)c1cc(-c2nc(C(=O)Nc3cn4cc(CCC(C)(C)O)nc4cc3N3CCCCC3)co2)ccn1. The minimum Gasteiger partial charge on any atom is -0.444 e. The maximum Gasteiger partial charge on any atom is 0.277 e. The van der Waals surface area contributed by atoms with Crippen LogP contribution in [0.5, 0.6) is 0 Å². The first kappa shape index (κ1) is 25.7. The normalized spacial score (nSPS) is 14.2. The van der Waals surface area contributed by atoms with Crippen molar-refractivity contribution in [2.75, 3.05) is 42.3 Å². The zero-order valence-corrected chi connectivity index (χ0v) is 22.4. The van der Waals surface area contributed by atoms with Gasteiger partial charge in [-0.1, -0.05) is 0 Å². The Hall–Kier alpha value is -3.92. The van der Waals surface area contributed by atoms with Gasteiger partial charge in [-0.25, -0.2) is 15.0 Å². The minimum atomic E-state index is -0.755. The molecule has 10 heteroatoms. The van der Waals surface area contributed by atoms with E-state index in [0.29, 0.717) is 24.4 Å². The molecule has 4 aromatic heterocycles. The molecule has 1 amide bonds. The lowest BCUT2D eigenvalue weighted by Crippen LogP contribution is -2.30. The predicted octanol–water partition coefficient (Wildman–Crippen LogP) is 4.40. The Morgan fingerprint density at radius 3 is 2.68 bits per heavy atom. The number of oxazole rings is 1. The largest absolute Gasteiger partial charge is 0.444 e. The molecule has 0 aliphatic carbocycles. The monoisotopic (exact) mass is 517 g/mol. The molecule has 0 bridgehead atoms. The second kappa shape index (κ2) is 10.4. The average molecular weight is 518 g/mol. The summed E-state index contributed by atoms with van der Waals surface area (Å²) in [6.07, 6.45) is 11.6. The molecule has 5 rings (SSSR count). The molecule has 0 saturated carbocycles. The summed E-state index contributed by atoms with van der Waals surface area (Å²) in [4.78, 5) is 31.0. The van der Waals surface area contributed by atoms with Gasteiger partial charge in [0.1, 0.15) is 17.7 Å². The molecule has 1 aliphatic heterocycles. The number of aromatic nitrogens is 4. The van der Waals surface area contributed by atoms with E-state index in [4.69, 9.17) is 9.40 Å². The number of carbonyl (C=O) groups excluding carboxylic acids is 1. The number of fused-ring (bicyclic) bond motifs is 1. The highest BCUT2D eigenvalue weighted by Crippen LogP contribution is 2.31. The topological polar surface area (TPSA) is 112 Å². The standard InChI is InChI=1S/C28H35N7O3/c1-28(2,37)10-8-20-16-35-17-21(23(15-25(35)30-20)34-12-6-5-7-13-34)31-26(36)22-18-38-27(32-22)19-9-11-29-24(14-19)33(3)4/h9,11,14-18,37H,5-8,10,12-13H2,1-4H3,(H,31,36). The number of piperidine rings is 1. The van der Waals surface area contributed by atoms with Crippen molar-refractivity contribution in [2.45, 2.75) is 51.6 Å². The van der Waals surface area contributed by atoms with Crippen LogP contribution >= 0.6 is 0 Å². The number of nitrogens with zero attached hydrogens (tertiary/aromatic N) is 6. The third kappa shape index (κ3) is 5.80. The molecule has 2 N–H and O–H groups in total. The van der Waals surface area contributed by atoms with E-state index in [0.717, 1.165) is 54.3 Å². The van der Waals surface area contributed by atoms with E-state index in [-0.39, 0.29) is 11.6 Å². The number of nitrogens with one attached hydrogen (secondary N) is 1. The van der Waals surface area contributed by atoms with Crippen LogP contribution in [0, 0.1) is 0 Å². The molecule has 1 aliphatic rings. The molecule has 0 radical (unpaired) electrons. The molecule has 200 valence electrons. The average Bonchev–Trinajstić information content (AvgIpc) is 3.54. The molecule has 0 atom stereocenters. The summed E-state index contributed by atoms with van der Waals surface area (Å²) in [6, 6.07) is 5.70. The van der Waals surface area contributed by atoms with Crippen LogP contribution in [0.2, 0.25) is 0 Å². The second-order valence-corrected chi connectivity index (χ2v) is 10.7. The van der Waals surface area contributed by atoms with Crippen LogP contribution in [0.25, 0.3) is 17.1 Å². The summed E-state index contributed by atoms with van der Waals surface area (Å²) < 4.78 is 7.58. The molecular weight excluding hydrogens is 482 g/mol. The molecule has 4 aromatic rings. The summed E-state index contributed by atoms with van der Waals surface area (Å²) in [7, 11) is 3.82. The first-order chi connectivity index (χ1) is 18.2. The number of anilines is 3. The van der Waals surface area contributed by atoms with Gasteiger partial charge in [-0.2, -0.15) is 0 Å². The van der Waals surface area contributed by atoms with Crippen LogP contribution in [0.15, 0.2) is 47.5 Å². The number of aryl methyl sites for hydroxylation is 1. The molecule has 0 aromatic carbocycles. The van der Waals surface area contributed by atoms with Crippen LogP contribution in [-0.2, 0) is 6.42 Å². The fourth-order valence-electron chi connectivity index (χ4n) is 4.62. The highest BCUT2D eigenvalue weighted by atomic mass is 16.3. The van der Waals surface area contributed by atoms with E-state index >= 15 is 0 Å². The van der Waals surface area contributed by atoms with E-state index in [2.05, 4.69) is 20.2 Å². The van der Waals surface area contributed by atoms with Crippen molar-refractivity contribution in [1.29, 1.82) is 0 Å². The van der Waals surface area contributed by atoms with Crippen LogP contribution in [0.4, 0.5) is 17.2 Å². The molecule has 38 heavy (non-hydrogen) atoms. The van der Waals surface area contributed by atoms with Gasteiger partial charge >= 0.3 is 0 Å². The van der Waals surface area contributed by atoms with Crippen molar-refractivity contribution in [2.24, 2.45) is 0 Å². The number of aliphatic hydroxyl groups is 1. The van der Waals surface area contributed by atoms with Gasteiger partial charge < -0.3 is 29.0 Å². The predicted molar refractivity (Wildman–Crippen MR) is 148 cm³/mol. The van der Waals surface area contributed by atoms with Gasteiger partial charge in [0.15, 0.2) is 5.69 Å². The number of amides is 1. The molecule has 0 unspecified atom stereocenters. The summed E-state index contributed by atoms with van der Waals surface area (Å²) >= 11 is 0. The minimum absolute atomic E-state index is 0.199. The molecule has 1 fully saturated rings. The number of hydrogen-bond donors (Lipinski definition) is 2. The van der Waals surface area contributed by atoms with Crippen molar-refractivity contribution in [3.8, 4) is 11.5 Å². The Morgan fingerprint density at radius 2 is 1.95 bits per heavy atom. The van der Waals surface area contributed by atoms with Crippen molar-refractivity contribution < 1.29 is 14.3 Å². The van der Waals surface area contributed by atoms with E-state index in [9.17, 15) is 9.90 Å². The van der Waals surface area contributed by atoms with Gasteiger partial charge in [-0.05, 0) is 58.1 Å². The van der Waals surface area contributed by atoms with Crippen molar-refractivity contribution in [3.63, 3.8) is 0 Å². The van der Waals surface area contributed by atoms with Crippen LogP contribution < -0.4 is 15.1 Å². The van der Waals surface area contributed by atoms with Crippen molar-refractivity contribution >= 4 is 28.7 Å². The Bertz CT molecular complexity index is 1430. The first-order valence-corrected chi connectivity index (χ1v) is 13.1. The number of hydrogen-bond acceptors (Lipinski definition) is 8. The molecular formula is C28H35N7O3. The Kier molecular flexibility index (Phi) is 7.07. The van der Waals surface area contributed by atoms with Gasteiger partial charge in [0.05, 0.1) is 22.7 Å². The number of pyridine rings is 2. The second-order valence-electron chi connectivity index (χ2n) is 10.7. The lowest BCUT2D eigenvalue weighted by Gasteiger charge is -2.30. The highest BCUT2D eigenvalue weighted by molar-refractivity contribution is 6.05. The first-order valence-electron chi connectivity index (χ1n) is 13.1. The van der Waals surface area contributed by atoms with E-state index < -0.39 is 5.60 Å². The smallest absolute Gasteiger partial charge is 0.277 e. The Labute approximate surface area is 222 Å². The van der Waals surface area contributed by atoms with Gasteiger partial charge in [0.2, 0.25) is 5.89 Å². The summed E-state index contributed by atoms with van der Waals surface area (Å²) in [5, 5.41) is 13.2. The van der Waals surface area contributed by atoms with Gasteiger partial charge in [-0.15, -0.1) is 0 Å². The van der Waals surface area contributed by atoms with E-state index in [1.807, 2.05) is 47.9 Å². The van der Waals surface area contributed by atoms with Crippen molar-refractivity contribution in [3.05, 3.63) is 54.4 Å². The molecule has 1 saturated heterocycles. The quantitative estimate of drug-likeness (QED) is 0.354. The van der Waals surface area contributed by atoms with Crippen LogP contribution in [0.3, 0.4) is 0 Å². The zero-order chi connectivity index (χ0) is 26.9. The van der Waals surface area contributed by atoms with Crippen molar-refractivity contribution in [1.82, 2.24) is 19.4 Å². The fourth-order valence-corrected chi connectivity index (χ4v) is 4.62. The third-order valence-electron chi connectivity index (χ3n) is 6.75. The van der Waals surface area contributed by atoms with Crippen LogP contribution in [-0.4, -0.2) is 63.2 Å². The summed E-state index contributed by atoms with van der Waals surface area (Å²) in [6.45, 7) is 5.46. The molecule has 0 spiro atoms. The zero-order valence-electron chi connectivity index (χ0n) is 22.4. The maximum atomic E-state index is 13.3. The third-order valence-corrected chi connectivity index (χ3v) is 6.75. The lowest BCUT2D eigenvalue weighted by molar-refractivity contribution is 0.0711. The number of rotatable bonds is 8.